The molecule has 26 heavy (non-hydrogen) atoms. The number of hydrogen-bond donors (Lipinski definition) is 1. The second-order valence-electron chi connectivity index (χ2n) is 5.24. The predicted octanol–water partition coefficient (Wildman–Crippen LogP) is 3.77. The third-order valence-electron chi connectivity index (χ3n) is 3.51. The molecule has 0 fully saturated rings. The number of carbonyl (C=O) groups is 1. The molecule has 1 N–H and O–H groups in total. The Balaban J connectivity index is 1.65. The van der Waals surface area contributed by atoms with Gasteiger partial charge in [0.25, 0.3) is 0 Å². The van der Waals surface area contributed by atoms with Crippen LogP contribution >= 0.6 is 23.4 Å². The molecule has 0 aliphatic carbocycles. The van der Waals surface area contributed by atoms with Gasteiger partial charge in [0.1, 0.15) is 6.54 Å². The largest absolute Gasteiger partial charge is 0.298 e. The van der Waals surface area contributed by atoms with E-state index in [-0.39, 0.29) is 18.2 Å². The molecule has 0 aliphatic heterocycles. The van der Waals surface area contributed by atoms with Crippen molar-refractivity contribution in [1.82, 2.24) is 15.2 Å². The molecule has 2 aromatic carbocycles. The molecule has 130 valence electrons. The van der Waals surface area contributed by atoms with Crippen molar-refractivity contribution in [2.75, 3.05) is 17.2 Å². The van der Waals surface area contributed by atoms with E-state index in [1.807, 2.05) is 36.4 Å². The Morgan fingerprint density at radius 1 is 1.19 bits per heavy atom. The zero-order chi connectivity index (χ0) is 18.4. The number of aromatic amines is 1. The van der Waals surface area contributed by atoms with Crippen molar-refractivity contribution >= 4 is 35.0 Å². The van der Waals surface area contributed by atoms with Crippen molar-refractivity contribution < 1.29 is 4.79 Å². The van der Waals surface area contributed by atoms with Crippen molar-refractivity contribution in [3.05, 3.63) is 59.6 Å². The van der Waals surface area contributed by atoms with Gasteiger partial charge in [-0.1, -0.05) is 41.6 Å². The smallest absolute Gasteiger partial charge is 0.238 e. The van der Waals surface area contributed by atoms with Crippen LogP contribution in [0, 0.1) is 11.3 Å². The maximum atomic E-state index is 12.5. The van der Waals surface area contributed by atoms with Gasteiger partial charge in [-0.3, -0.25) is 14.8 Å². The standard InChI is InChI=1S/C18H14ClN5OS/c19-14-8-6-13(7-9-14)17-21-18(23-22-17)26-12-16(25)24(11-10-20)15-4-2-1-3-5-15/h1-9H,11-12H2,(H,21,22,23). The third-order valence-corrected chi connectivity index (χ3v) is 4.59. The van der Waals surface area contributed by atoms with Gasteiger partial charge in [0, 0.05) is 16.3 Å². The van der Waals surface area contributed by atoms with E-state index in [2.05, 4.69) is 15.2 Å². The van der Waals surface area contributed by atoms with Crippen molar-refractivity contribution in [3.63, 3.8) is 0 Å². The maximum absolute atomic E-state index is 12.5. The van der Waals surface area contributed by atoms with Gasteiger partial charge in [-0.15, -0.1) is 5.10 Å². The molecular formula is C18H14ClN5OS. The normalized spacial score (nSPS) is 10.3. The monoisotopic (exact) mass is 383 g/mol. The lowest BCUT2D eigenvalue weighted by Gasteiger charge is -2.19. The second-order valence-corrected chi connectivity index (χ2v) is 6.61. The third kappa shape index (κ3) is 4.42. The fourth-order valence-corrected chi connectivity index (χ4v) is 3.05. The molecule has 0 saturated heterocycles. The minimum absolute atomic E-state index is 0.00652. The number of rotatable bonds is 6. The number of carbonyl (C=O) groups excluding carboxylic acids is 1. The molecule has 1 aromatic heterocycles. The van der Waals surface area contributed by atoms with Crippen LogP contribution in [0.25, 0.3) is 11.4 Å². The Morgan fingerprint density at radius 2 is 1.92 bits per heavy atom. The molecule has 0 spiro atoms. The zero-order valence-electron chi connectivity index (χ0n) is 13.6. The van der Waals surface area contributed by atoms with Crippen molar-refractivity contribution in [3.8, 4) is 17.5 Å². The summed E-state index contributed by atoms with van der Waals surface area (Å²) in [5.74, 6) is 0.559. The fourth-order valence-electron chi connectivity index (χ4n) is 2.25. The Labute approximate surface area is 159 Å². The lowest BCUT2D eigenvalue weighted by atomic mass is 10.2. The van der Waals surface area contributed by atoms with Crippen LogP contribution in [0.1, 0.15) is 0 Å². The van der Waals surface area contributed by atoms with E-state index in [1.165, 1.54) is 16.7 Å². The van der Waals surface area contributed by atoms with Gasteiger partial charge >= 0.3 is 0 Å². The topological polar surface area (TPSA) is 85.7 Å². The molecule has 3 aromatic rings. The van der Waals surface area contributed by atoms with Crippen LogP contribution in [0.15, 0.2) is 59.8 Å². The van der Waals surface area contributed by atoms with Gasteiger partial charge in [-0.2, -0.15) is 5.26 Å². The number of H-pyrrole nitrogens is 1. The summed E-state index contributed by atoms with van der Waals surface area (Å²) in [5.41, 5.74) is 1.55. The second kappa shape index (κ2) is 8.52. The first kappa shape index (κ1) is 18.0. The number of nitrogens with one attached hydrogen (secondary N) is 1. The number of halogens is 1. The molecule has 0 bridgehead atoms. The molecule has 0 saturated carbocycles. The SMILES string of the molecule is N#CCN(C(=O)CSc1n[nH]c(-c2ccc(Cl)cc2)n1)c1ccccc1. The molecule has 6 nitrogen and oxygen atoms in total. The Hall–Kier alpha value is -2.82. The molecule has 0 aliphatic rings. The highest BCUT2D eigenvalue weighted by Gasteiger charge is 2.17. The Kier molecular flexibility index (Phi) is 5.89. The van der Waals surface area contributed by atoms with Gasteiger partial charge in [-0.25, -0.2) is 4.98 Å². The predicted molar refractivity (Wildman–Crippen MR) is 102 cm³/mol. The van der Waals surface area contributed by atoms with Crippen LogP contribution < -0.4 is 4.90 Å². The average molecular weight is 384 g/mol. The molecule has 1 amide bonds. The summed E-state index contributed by atoms with van der Waals surface area (Å²) in [5, 5.41) is 17.1. The molecule has 3 rings (SSSR count). The number of thioether (sulfide) groups is 1. The van der Waals surface area contributed by atoms with Gasteiger partial charge in [0.05, 0.1) is 11.8 Å². The van der Waals surface area contributed by atoms with E-state index in [0.29, 0.717) is 21.7 Å². The minimum Gasteiger partial charge on any atom is -0.298 e. The summed E-state index contributed by atoms with van der Waals surface area (Å²) in [4.78, 5) is 18.3. The summed E-state index contributed by atoms with van der Waals surface area (Å²) in [6, 6.07) is 18.4. The molecular weight excluding hydrogens is 370 g/mol. The highest BCUT2D eigenvalue weighted by Crippen LogP contribution is 2.22. The van der Waals surface area contributed by atoms with Gasteiger partial charge in [0.2, 0.25) is 11.1 Å². The summed E-state index contributed by atoms with van der Waals surface area (Å²) in [6.07, 6.45) is 0. The Bertz CT molecular complexity index is 921. The van der Waals surface area contributed by atoms with E-state index in [9.17, 15) is 4.79 Å². The van der Waals surface area contributed by atoms with Crippen LogP contribution in [-0.2, 0) is 4.79 Å². The maximum Gasteiger partial charge on any atom is 0.238 e. The van der Waals surface area contributed by atoms with Crippen LogP contribution in [0.3, 0.4) is 0 Å². The number of hydrogen-bond acceptors (Lipinski definition) is 5. The molecule has 0 atom stereocenters. The number of amides is 1. The number of para-hydroxylation sites is 1. The van der Waals surface area contributed by atoms with Crippen LogP contribution in [0.2, 0.25) is 5.02 Å². The molecule has 8 heteroatoms. The molecule has 1 heterocycles. The number of anilines is 1. The first-order chi connectivity index (χ1) is 12.7. The number of nitriles is 1. The van der Waals surface area contributed by atoms with E-state index >= 15 is 0 Å². The Morgan fingerprint density at radius 3 is 2.62 bits per heavy atom. The van der Waals surface area contributed by atoms with E-state index in [4.69, 9.17) is 16.9 Å². The summed E-state index contributed by atoms with van der Waals surface area (Å²) >= 11 is 7.10. The zero-order valence-corrected chi connectivity index (χ0v) is 15.2. The van der Waals surface area contributed by atoms with Crippen LogP contribution in [0.4, 0.5) is 5.69 Å². The molecule has 0 radical (unpaired) electrons. The fraction of sp³-hybridized carbons (Fsp3) is 0.111. The van der Waals surface area contributed by atoms with Gasteiger partial charge < -0.3 is 0 Å². The number of benzene rings is 2. The number of aromatic nitrogens is 3. The quantitative estimate of drug-likeness (QED) is 0.517. The van der Waals surface area contributed by atoms with Crippen LogP contribution in [0.5, 0.6) is 0 Å². The summed E-state index contributed by atoms with van der Waals surface area (Å²) in [6.45, 7) is -0.00652. The van der Waals surface area contributed by atoms with Crippen molar-refractivity contribution in [2.24, 2.45) is 0 Å². The van der Waals surface area contributed by atoms with Crippen molar-refractivity contribution in [1.29, 1.82) is 5.26 Å². The van der Waals surface area contributed by atoms with Crippen molar-refractivity contribution in [2.45, 2.75) is 5.16 Å². The highest BCUT2D eigenvalue weighted by molar-refractivity contribution is 7.99. The number of nitrogens with zero attached hydrogens (tertiary/aromatic N) is 4. The average Bonchev–Trinajstić information content (AvgIpc) is 3.14. The van der Waals surface area contributed by atoms with Gasteiger partial charge in [-0.05, 0) is 36.4 Å². The lowest BCUT2D eigenvalue weighted by molar-refractivity contribution is -0.116. The van der Waals surface area contributed by atoms with E-state index < -0.39 is 0 Å². The van der Waals surface area contributed by atoms with E-state index in [1.54, 1.807) is 24.3 Å². The summed E-state index contributed by atoms with van der Waals surface area (Å²) in [7, 11) is 0. The summed E-state index contributed by atoms with van der Waals surface area (Å²) < 4.78 is 0. The first-order valence-electron chi connectivity index (χ1n) is 7.71. The van der Waals surface area contributed by atoms with E-state index in [0.717, 1.165) is 5.56 Å². The molecule has 0 unspecified atom stereocenters. The van der Waals surface area contributed by atoms with Crippen LogP contribution in [-0.4, -0.2) is 33.4 Å². The lowest BCUT2D eigenvalue weighted by Crippen LogP contribution is -2.32. The minimum atomic E-state index is -0.180. The highest BCUT2D eigenvalue weighted by atomic mass is 35.5. The van der Waals surface area contributed by atoms with Gasteiger partial charge in [0.15, 0.2) is 5.82 Å². The first-order valence-corrected chi connectivity index (χ1v) is 9.07.